The Kier molecular flexibility index (Phi) is 20.9. The number of hydrogen-bond acceptors (Lipinski definition) is 5. The zero-order valence-corrected chi connectivity index (χ0v) is 25.0. The van der Waals surface area contributed by atoms with Crippen molar-refractivity contribution in [1.82, 2.24) is 0 Å². The van der Waals surface area contributed by atoms with Gasteiger partial charge >= 0.3 is 6.95 Å². The molecule has 8 heteroatoms. The Hall–Kier alpha value is 0.0600. The molecule has 0 amide bonds. The third-order valence-electron chi connectivity index (χ3n) is 6.14. The molecule has 0 radical (unpaired) electrons. The SMILES string of the molecule is CCCCCCCCC(CCCCCCOCC(COP(=O)(Cl)OCCBr)OC)c1ccccc1. The number of halogens is 2. The maximum atomic E-state index is 11.9. The van der Waals surface area contributed by atoms with Crippen LogP contribution in [0.5, 0.6) is 0 Å². The van der Waals surface area contributed by atoms with Crippen molar-refractivity contribution < 1.29 is 23.1 Å². The largest absolute Gasteiger partial charge is 0.424 e. The Morgan fingerprint density at radius 2 is 1.49 bits per heavy atom. The normalized spacial score (nSPS) is 15.1. The van der Waals surface area contributed by atoms with E-state index in [1.807, 2.05) is 0 Å². The van der Waals surface area contributed by atoms with E-state index in [4.69, 9.17) is 29.8 Å². The first-order chi connectivity index (χ1) is 17.0. The van der Waals surface area contributed by atoms with Gasteiger partial charge in [0, 0.05) is 30.3 Å². The summed E-state index contributed by atoms with van der Waals surface area (Å²) >= 11 is 8.95. The zero-order chi connectivity index (χ0) is 25.6. The van der Waals surface area contributed by atoms with Crippen LogP contribution < -0.4 is 0 Å². The summed E-state index contributed by atoms with van der Waals surface area (Å²) in [7, 11) is 1.57. The number of benzene rings is 1. The van der Waals surface area contributed by atoms with Crippen LogP contribution in [0, 0.1) is 0 Å². The van der Waals surface area contributed by atoms with Gasteiger partial charge in [0.2, 0.25) is 0 Å². The van der Waals surface area contributed by atoms with Gasteiger partial charge < -0.3 is 9.47 Å². The molecular weight excluding hydrogens is 551 g/mol. The fourth-order valence-electron chi connectivity index (χ4n) is 4.07. The summed E-state index contributed by atoms with van der Waals surface area (Å²) in [6.07, 6.45) is 15.0. The molecule has 1 aromatic rings. The Morgan fingerprint density at radius 3 is 2.11 bits per heavy atom. The van der Waals surface area contributed by atoms with Crippen LogP contribution in [0.4, 0.5) is 0 Å². The molecule has 0 saturated heterocycles. The van der Waals surface area contributed by atoms with Gasteiger partial charge in [0.15, 0.2) is 0 Å². The minimum atomic E-state index is -3.57. The van der Waals surface area contributed by atoms with E-state index in [1.54, 1.807) is 7.11 Å². The van der Waals surface area contributed by atoms with Gasteiger partial charge in [-0.2, -0.15) is 0 Å². The van der Waals surface area contributed by atoms with Crippen LogP contribution in [0.2, 0.25) is 0 Å². The fraction of sp³-hybridized carbons (Fsp3) is 0.778. The summed E-state index contributed by atoms with van der Waals surface area (Å²) in [5.41, 5.74) is 1.50. The van der Waals surface area contributed by atoms with Crippen LogP contribution in [-0.2, 0) is 23.1 Å². The molecule has 1 aromatic carbocycles. The number of unbranched alkanes of at least 4 members (excludes halogenated alkanes) is 8. The molecule has 0 aliphatic carbocycles. The minimum Gasteiger partial charge on any atom is -0.379 e. The van der Waals surface area contributed by atoms with E-state index >= 15 is 0 Å². The average Bonchev–Trinajstić information content (AvgIpc) is 2.87. The zero-order valence-electron chi connectivity index (χ0n) is 21.8. The number of hydrogen-bond donors (Lipinski definition) is 0. The molecule has 0 heterocycles. The van der Waals surface area contributed by atoms with Gasteiger partial charge in [-0.1, -0.05) is 111 Å². The Labute approximate surface area is 227 Å². The minimum absolute atomic E-state index is 0.0685. The van der Waals surface area contributed by atoms with Gasteiger partial charge in [-0.3, -0.25) is 9.05 Å². The second-order valence-corrected chi connectivity index (χ2v) is 12.5. The Balaban J connectivity index is 2.18. The van der Waals surface area contributed by atoms with Crippen LogP contribution in [0.1, 0.15) is 95.5 Å². The number of rotatable bonds is 24. The second-order valence-electron chi connectivity index (χ2n) is 9.05. The van der Waals surface area contributed by atoms with Gasteiger partial charge in [0.1, 0.15) is 6.10 Å². The molecular formula is C27H47BrClO5P. The lowest BCUT2D eigenvalue weighted by Crippen LogP contribution is -2.24. The predicted molar refractivity (Wildman–Crippen MR) is 151 cm³/mol. The first-order valence-corrected chi connectivity index (χ1v) is 16.9. The monoisotopic (exact) mass is 596 g/mol. The maximum absolute atomic E-state index is 11.9. The first kappa shape index (κ1) is 33.1. The predicted octanol–water partition coefficient (Wildman–Crippen LogP) is 9.28. The summed E-state index contributed by atoms with van der Waals surface area (Å²) in [5.74, 6) is 0.678. The van der Waals surface area contributed by atoms with Gasteiger partial charge in [0.25, 0.3) is 0 Å². The molecule has 35 heavy (non-hydrogen) atoms. The van der Waals surface area contributed by atoms with Crippen LogP contribution in [0.25, 0.3) is 0 Å². The Bertz CT molecular complexity index is 652. The van der Waals surface area contributed by atoms with Gasteiger partial charge in [0.05, 0.1) is 19.8 Å². The summed E-state index contributed by atoms with van der Waals surface area (Å²) in [4.78, 5) is 0. The fourth-order valence-corrected chi connectivity index (χ4v) is 5.59. The maximum Gasteiger partial charge on any atom is 0.424 e. The van der Waals surface area contributed by atoms with E-state index in [9.17, 15) is 4.57 Å². The second kappa shape index (κ2) is 22.1. The molecule has 0 aromatic heterocycles. The molecule has 3 atom stereocenters. The van der Waals surface area contributed by atoms with Crippen LogP contribution in [-0.4, -0.2) is 45.0 Å². The quantitative estimate of drug-likeness (QED) is 0.0675. The number of methoxy groups -OCH3 is 1. The van der Waals surface area contributed by atoms with E-state index < -0.39 is 6.95 Å². The van der Waals surface area contributed by atoms with Crippen LogP contribution in [0.15, 0.2) is 30.3 Å². The van der Waals surface area contributed by atoms with Crippen molar-refractivity contribution in [1.29, 1.82) is 0 Å². The standard InChI is InChI=1S/C27H47BrClO5P/c1-3-4-5-6-7-11-16-25(26-18-13-10-14-19-26)17-12-8-9-15-21-32-23-27(31-2)24-34-35(29,30)33-22-20-28/h10,13-14,18-19,25,27H,3-9,11-12,15-17,20-24H2,1-2H3. The summed E-state index contributed by atoms with van der Waals surface area (Å²) in [6.45, 7) is 0.0457. The van der Waals surface area contributed by atoms with E-state index in [0.29, 0.717) is 24.5 Å². The molecule has 0 aliphatic heterocycles. The molecule has 204 valence electrons. The van der Waals surface area contributed by atoms with Crippen molar-refractivity contribution in [3.63, 3.8) is 0 Å². The highest BCUT2D eigenvalue weighted by molar-refractivity contribution is 9.09. The van der Waals surface area contributed by atoms with E-state index in [2.05, 4.69) is 53.2 Å². The third kappa shape index (κ3) is 18.0. The van der Waals surface area contributed by atoms with Gasteiger partial charge in [-0.05, 0) is 30.7 Å². The van der Waals surface area contributed by atoms with Gasteiger partial charge in [-0.25, -0.2) is 4.57 Å². The molecule has 3 unspecified atom stereocenters. The summed E-state index contributed by atoms with van der Waals surface area (Å²) in [6, 6.07) is 11.0. The lowest BCUT2D eigenvalue weighted by atomic mass is 9.88. The first-order valence-electron chi connectivity index (χ1n) is 13.3. The topological polar surface area (TPSA) is 54.0 Å². The smallest absolute Gasteiger partial charge is 0.379 e. The van der Waals surface area contributed by atoms with Crippen LogP contribution >= 0.6 is 34.1 Å². The van der Waals surface area contributed by atoms with Crippen molar-refractivity contribution in [2.24, 2.45) is 0 Å². The van der Waals surface area contributed by atoms with E-state index in [-0.39, 0.29) is 19.3 Å². The highest BCUT2D eigenvalue weighted by atomic mass is 79.9. The van der Waals surface area contributed by atoms with Crippen molar-refractivity contribution >= 4 is 34.1 Å². The average molecular weight is 598 g/mol. The molecule has 0 fully saturated rings. The summed E-state index contributed by atoms with van der Waals surface area (Å²) < 4.78 is 33.2. The Morgan fingerprint density at radius 1 is 0.857 bits per heavy atom. The highest BCUT2D eigenvalue weighted by Gasteiger charge is 2.23. The molecule has 0 saturated carbocycles. The van der Waals surface area contributed by atoms with Crippen molar-refractivity contribution in [3.05, 3.63) is 35.9 Å². The molecule has 0 aliphatic rings. The lowest BCUT2D eigenvalue weighted by molar-refractivity contribution is -0.0169. The molecule has 5 nitrogen and oxygen atoms in total. The highest BCUT2D eigenvalue weighted by Crippen LogP contribution is 2.53. The summed E-state index contributed by atoms with van der Waals surface area (Å²) in [5, 5.41) is 0.538. The van der Waals surface area contributed by atoms with E-state index in [1.165, 1.54) is 69.8 Å². The third-order valence-corrected chi connectivity index (χ3v) is 8.00. The van der Waals surface area contributed by atoms with Gasteiger partial charge in [-0.15, -0.1) is 0 Å². The number of ether oxygens (including phenoxy) is 2. The molecule has 0 spiro atoms. The van der Waals surface area contributed by atoms with Crippen molar-refractivity contribution in [3.8, 4) is 0 Å². The molecule has 1 rings (SSSR count). The van der Waals surface area contributed by atoms with Crippen molar-refractivity contribution in [2.45, 2.75) is 96.0 Å². The molecule has 0 N–H and O–H groups in total. The molecule has 0 bridgehead atoms. The van der Waals surface area contributed by atoms with E-state index in [0.717, 1.165) is 12.8 Å². The van der Waals surface area contributed by atoms with Crippen molar-refractivity contribution in [2.75, 3.05) is 38.9 Å². The van der Waals surface area contributed by atoms with Crippen LogP contribution in [0.3, 0.4) is 0 Å². The number of alkyl halides is 1. The lowest BCUT2D eigenvalue weighted by Gasteiger charge is -2.18.